The third kappa shape index (κ3) is 5.34. The van der Waals surface area contributed by atoms with Gasteiger partial charge in [0.1, 0.15) is 21.6 Å². The average Bonchev–Trinajstić information content (AvgIpc) is 3.27. The molecule has 9 nitrogen and oxygen atoms in total. The third-order valence-corrected chi connectivity index (χ3v) is 8.25. The summed E-state index contributed by atoms with van der Waals surface area (Å²) in [5.41, 5.74) is 5.87. The van der Waals surface area contributed by atoms with Crippen LogP contribution in [-0.2, 0) is 15.9 Å². The molecule has 0 aliphatic carbocycles. The summed E-state index contributed by atoms with van der Waals surface area (Å²) >= 11 is 2.11. The highest BCUT2D eigenvalue weighted by Crippen LogP contribution is 2.36. The van der Waals surface area contributed by atoms with E-state index in [0.29, 0.717) is 46.5 Å². The Morgan fingerprint density at radius 2 is 1.76 bits per heavy atom. The lowest BCUT2D eigenvalue weighted by atomic mass is 9.78. The van der Waals surface area contributed by atoms with E-state index in [1.165, 1.54) is 6.33 Å². The Morgan fingerprint density at radius 3 is 2.50 bits per heavy atom. The van der Waals surface area contributed by atoms with Gasteiger partial charge in [-0.15, -0.1) is 0 Å². The monoisotopic (exact) mass is 629 g/mol. The van der Waals surface area contributed by atoms with Crippen LogP contribution in [-0.4, -0.2) is 55.4 Å². The van der Waals surface area contributed by atoms with Gasteiger partial charge in [0.2, 0.25) is 0 Å². The number of hydrogen-bond acceptors (Lipinski definition) is 8. The van der Waals surface area contributed by atoms with Gasteiger partial charge in [0.05, 0.1) is 35.3 Å². The molecule has 0 saturated carbocycles. The fraction of sp³-hybridized carbons (Fsp3) is 0.444. The third-order valence-electron chi connectivity index (χ3n) is 7.50. The molecule has 1 saturated heterocycles. The second-order valence-corrected chi connectivity index (χ2v) is 12.2. The van der Waals surface area contributed by atoms with Crippen LogP contribution in [0.4, 0.5) is 5.82 Å². The summed E-state index contributed by atoms with van der Waals surface area (Å²) in [6, 6.07) is 12.3. The van der Waals surface area contributed by atoms with Crippen LogP contribution in [0.3, 0.4) is 0 Å². The second kappa shape index (κ2) is 9.93. The molecular formula is C27H33BIN5O4. The van der Waals surface area contributed by atoms with Crippen molar-refractivity contribution in [1.82, 2.24) is 19.7 Å². The van der Waals surface area contributed by atoms with Crippen molar-refractivity contribution < 1.29 is 19.2 Å². The molecule has 4 aromatic rings. The Labute approximate surface area is 236 Å². The van der Waals surface area contributed by atoms with Gasteiger partial charge in [0, 0.05) is 0 Å². The number of anilines is 1. The second-order valence-electron chi connectivity index (χ2n) is 11.2. The van der Waals surface area contributed by atoms with Gasteiger partial charge in [0.15, 0.2) is 5.65 Å². The molecule has 1 unspecified atom stereocenters. The lowest BCUT2D eigenvalue weighted by molar-refractivity contribution is 0.00578. The van der Waals surface area contributed by atoms with Crippen LogP contribution in [0.25, 0.3) is 21.8 Å². The van der Waals surface area contributed by atoms with E-state index in [1.807, 2.05) is 24.3 Å². The molecule has 200 valence electrons. The number of nitrogens with zero attached hydrogens (tertiary/aromatic N) is 4. The SMILES string of the molecule is CC(O)(CCCOc1ccc2cc(B3OC(C)(C)C(C)(C)O3)ccc2c1)Cn1nc(I)c2c(N)ncnc21. The number of ether oxygens (including phenoxy) is 1. The van der Waals surface area contributed by atoms with Crippen molar-refractivity contribution in [3.63, 3.8) is 0 Å². The summed E-state index contributed by atoms with van der Waals surface area (Å²) in [7, 11) is -0.388. The number of aromatic nitrogens is 4. The number of hydrogen-bond donors (Lipinski definition) is 2. The van der Waals surface area contributed by atoms with Crippen LogP contribution in [0.15, 0.2) is 42.7 Å². The molecule has 0 bridgehead atoms. The van der Waals surface area contributed by atoms with Crippen molar-refractivity contribution in [3.05, 3.63) is 46.4 Å². The van der Waals surface area contributed by atoms with Crippen molar-refractivity contribution in [1.29, 1.82) is 0 Å². The van der Waals surface area contributed by atoms with Gasteiger partial charge >= 0.3 is 7.12 Å². The van der Waals surface area contributed by atoms with Gasteiger partial charge in [-0.1, -0.05) is 24.3 Å². The number of nitrogens with two attached hydrogens (primary N) is 1. The lowest BCUT2D eigenvalue weighted by Gasteiger charge is -2.32. The minimum atomic E-state index is -0.988. The van der Waals surface area contributed by atoms with E-state index in [1.54, 1.807) is 11.6 Å². The molecule has 1 aliphatic heterocycles. The first-order valence-corrected chi connectivity index (χ1v) is 13.8. The molecule has 2 aromatic carbocycles. The molecule has 5 rings (SSSR count). The van der Waals surface area contributed by atoms with E-state index in [2.05, 4.69) is 77.5 Å². The standard InChI is InChI=1S/C27H33BIN5O4/c1-25(2)26(3,4)38-28(37-25)19-9-7-18-14-20(10-8-17(18)13-19)36-12-6-11-27(5,35)15-34-24-21(22(29)33-34)23(30)31-16-32-24/h7-10,13-14,16,35H,6,11-12,15H2,1-5H3,(H2,30,31,32). The zero-order valence-electron chi connectivity index (χ0n) is 22.4. The van der Waals surface area contributed by atoms with Gasteiger partial charge in [-0.3, -0.25) is 0 Å². The van der Waals surface area contributed by atoms with E-state index in [4.69, 9.17) is 19.8 Å². The summed E-state index contributed by atoms with van der Waals surface area (Å²) in [6.07, 6.45) is 2.63. The van der Waals surface area contributed by atoms with Crippen molar-refractivity contribution in [3.8, 4) is 5.75 Å². The number of rotatable bonds is 8. The topological polar surface area (TPSA) is 118 Å². The summed E-state index contributed by atoms with van der Waals surface area (Å²) in [4.78, 5) is 8.34. The van der Waals surface area contributed by atoms with E-state index in [9.17, 15) is 5.11 Å². The number of nitrogen functional groups attached to an aromatic ring is 1. The van der Waals surface area contributed by atoms with Crippen molar-refractivity contribution in [2.24, 2.45) is 0 Å². The van der Waals surface area contributed by atoms with Crippen LogP contribution < -0.4 is 15.9 Å². The maximum Gasteiger partial charge on any atom is 0.494 e. The Kier molecular flexibility index (Phi) is 7.08. The quantitative estimate of drug-likeness (QED) is 0.170. The fourth-order valence-corrected chi connectivity index (χ4v) is 5.38. The maximum absolute atomic E-state index is 11.0. The Morgan fingerprint density at radius 1 is 1.08 bits per heavy atom. The predicted molar refractivity (Wildman–Crippen MR) is 157 cm³/mol. The lowest BCUT2D eigenvalue weighted by Crippen LogP contribution is -2.41. The van der Waals surface area contributed by atoms with Gasteiger partial charge in [-0.05, 0) is 98.4 Å². The number of aliphatic hydroxyl groups is 1. The average molecular weight is 629 g/mol. The normalized spacial score (nSPS) is 18.2. The first-order valence-electron chi connectivity index (χ1n) is 12.7. The molecule has 0 radical (unpaired) electrons. The minimum Gasteiger partial charge on any atom is -0.494 e. The van der Waals surface area contributed by atoms with Crippen molar-refractivity contribution in [2.75, 3.05) is 12.3 Å². The van der Waals surface area contributed by atoms with Crippen LogP contribution in [0, 0.1) is 3.70 Å². The molecule has 2 aromatic heterocycles. The summed E-state index contributed by atoms with van der Waals surface area (Å²) in [5, 5.41) is 18.4. The van der Waals surface area contributed by atoms with Crippen LogP contribution in [0.5, 0.6) is 5.75 Å². The highest BCUT2D eigenvalue weighted by molar-refractivity contribution is 14.1. The molecule has 0 amide bonds. The number of fused-ring (bicyclic) bond motifs is 2. The fourth-order valence-electron chi connectivity index (χ4n) is 4.60. The largest absolute Gasteiger partial charge is 0.494 e. The van der Waals surface area contributed by atoms with Crippen LogP contribution in [0.2, 0.25) is 0 Å². The molecule has 3 N–H and O–H groups in total. The maximum atomic E-state index is 11.0. The molecular weight excluding hydrogens is 596 g/mol. The van der Waals surface area contributed by atoms with Crippen molar-refractivity contribution >= 4 is 62.8 Å². The Bertz CT molecular complexity index is 1470. The molecule has 11 heteroatoms. The van der Waals surface area contributed by atoms with E-state index in [0.717, 1.165) is 22.0 Å². The Balaban J connectivity index is 1.18. The summed E-state index contributed by atoms with van der Waals surface area (Å²) in [6.45, 7) is 10.8. The zero-order chi connectivity index (χ0) is 27.3. The highest BCUT2D eigenvalue weighted by Gasteiger charge is 2.51. The van der Waals surface area contributed by atoms with Gasteiger partial charge in [-0.2, -0.15) is 5.10 Å². The molecule has 1 atom stereocenters. The number of halogens is 1. The first-order chi connectivity index (χ1) is 17.9. The van der Waals surface area contributed by atoms with Crippen LogP contribution in [0.1, 0.15) is 47.5 Å². The van der Waals surface area contributed by atoms with Gasteiger partial charge in [-0.25, -0.2) is 14.6 Å². The smallest absolute Gasteiger partial charge is 0.494 e. The zero-order valence-corrected chi connectivity index (χ0v) is 24.5. The van der Waals surface area contributed by atoms with Crippen LogP contribution >= 0.6 is 22.6 Å². The molecule has 0 spiro atoms. The van der Waals surface area contributed by atoms with Crippen molar-refractivity contribution in [2.45, 2.75) is 70.8 Å². The molecule has 1 fully saturated rings. The number of benzene rings is 2. The Hall–Kier alpha value is -2.48. The van der Waals surface area contributed by atoms with Gasteiger partial charge < -0.3 is 24.9 Å². The van der Waals surface area contributed by atoms with Gasteiger partial charge in [0.25, 0.3) is 0 Å². The summed E-state index contributed by atoms with van der Waals surface area (Å²) < 4.78 is 20.8. The first kappa shape index (κ1) is 27.1. The highest BCUT2D eigenvalue weighted by atomic mass is 127. The van der Waals surface area contributed by atoms with E-state index >= 15 is 0 Å². The molecule has 1 aliphatic rings. The molecule has 38 heavy (non-hydrogen) atoms. The predicted octanol–water partition coefficient (Wildman–Crippen LogP) is 4.08. The molecule has 3 heterocycles. The minimum absolute atomic E-state index is 0.296. The summed E-state index contributed by atoms with van der Waals surface area (Å²) in [5.74, 6) is 1.18. The van der Waals surface area contributed by atoms with E-state index < -0.39 is 5.60 Å². The van der Waals surface area contributed by atoms with E-state index in [-0.39, 0.29) is 18.3 Å².